The highest BCUT2D eigenvalue weighted by Crippen LogP contribution is 2.46. The molecule has 2 aliphatic rings. The summed E-state index contributed by atoms with van der Waals surface area (Å²) in [7, 11) is 4.50. The fraction of sp³-hybridized carbons (Fsp3) is 0.387. The first-order valence-corrected chi connectivity index (χ1v) is 13.1. The average Bonchev–Trinajstić information content (AvgIpc) is 2.95. The van der Waals surface area contributed by atoms with Gasteiger partial charge in [0.1, 0.15) is 0 Å². The predicted octanol–water partition coefficient (Wildman–Crippen LogP) is 5.20. The summed E-state index contributed by atoms with van der Waals surface area (Å²) >= 11 is 0. The molecule has 0 aromatic heterocycles. The molecular formula is C31H35NO7. The lowest BCUT2D eigenvalue weighted by Gasteiger charge is -2.36. The molecule has 8 heteroatoms. The minimum atomic E-state index is -0.610. The van der Waals surface area contributed by atoms with Gasteiger partial charge in [-0.2, -0.15) is 0 Å². The van der Waals surface area contributed by atoms with Gasteiger partial charge in [0, 0.05) is 29.3 Å². The lowest BCUT2D eigenvalue weighted by molar-refractivity contribution is -0.139. The molecule has 1 aliphatic carbocycles. The number of dihydropyridines is 1. The van der Waals surface area contributed by atoms with Gasteiger partial charge in [-0.3, -0.25) is 4.79 Å². The van der Waals surface area contributed by atoms with Gasteiger partial charge in [0.15, 0.2) is 17.3 Å². The number of Topliss-reactive ketones (excluding diaryl/α,β-unsaturated/α-hetero) is 1. The molecular weight excluding hydrogens is 498 g/mol. The standard InChI is InChI=1S/C31H35NO7/c1-6-7-14-39-31(35)27-18(2)32-23-15-22(21-12-13-25(36-3)26(17-21)37-4)16-24(33)29(23)28(27)19-8-10-20(11-9-19)30(34)38-5/h8-13,17,22,28,32H,6-7,14-16H2,1-5H3/t22-,28+/m0/s1. The number of allylic oxidation sites excluding steroid dienone is 3. The number of benzene rings is 2. The highest BCUT2D eigenvalue weighted by atomic mass is 16.5. The molecule has 1 N–H and O–H groups in total. The highest BCUT2D eigenvalue weighted by molar-refractivity contribution is 6.04. The molecule has 2 atom stereocenters. The number of ether oxygens (including phenoxy) is 4. The Morgan fingerprint density at radius 3 is 2.26 bits per heavy atom. The molecule has 0 radical (unpaired) electrons. The predicted molar refractivity (Wildman–Crippen MR) is 146 cm³/mol. The van der Waals surface area contributed by atoms with E-state index in [-0.39, 0.29) is 18.1 Å². The Balaban J connectivity index is 1.74. The van der Waals surface area contributed by atoms with Crippen LogP contribution in [0.4, 0.5) is 0 Å². The molecule has 0 saturated carbocycles. The van der Waals surface area contributed by atoms with Crippen molar-refractivity contribution >= 4 is 17.7 Å². The second-order valence-electron chi connectivity index (χ2n) is 9.73. The first-order chi connectivity index (χ1) is 18.8. The van der Waals surface area contributed by atoms with E-state index in [1.807, 2.05) is 32.0 Å². The smallest absolute Gasteiger partial charge is 0.337 e. The maximum absolute atomic E-state index is 13.8. The molecule has 1 heterocycles. The number of hydrogen-bond acceptors (Lipinski definition) is 8. The number of carbonyl (C=O) groups is 3. The second kappa shape index (κ2) is 12.2. The van der Waals surface area contributed by atoms with Gasteiger partial charge in [-0.05, 0) is 61.1 Å². The minimum absolute atomic E-state index is 0.0445. The van der Waals surface area contributed by atoms with Crippen molar-refractivity contribution in [2.75, 3.05) is 27.9 Å². The van der Waals surface area contributed by atoms with E-state index in [9.17, 15) is 14.4 Å². The number of rotatable bonds is 9. The van der Waals surface area contributed by atoms with E-state index in [4.69, 9.17) is 18.9 Å². The first kappa shape index (κ1) is 28.0. The maximum Gasteiger partial charge on any atom is 0.337 e. The number of carbonyl (C=O) groups excluding carboxylic acids is 3. The van der Waals surface area contributed by atoms with Crippen LogP contribution >= 0.6 is 0 Å². The van der Waals surface area contributed by atoms with E-state index in [0.717, 1.165) is 29.7 Å². The van der Waals surface area contributed by atoms with E-state index in [0.29, 0.717) is 46.9 Å². The van der Waals surface area contributed by atoms with E-state index in [2.05, 4.69) is 5.32 Å². The van der Waals surface area contributed by atoms with Gasteiger partial charge < -0.3 is 24.3 Å². The summed E-state index contributed by atoms with van der Waals surface area (Å²) in [4.78, 5) is 39.2. The van der Waals surface area contributed by atoms with Crippen LogP contribution in [0.3, 0.4) is 0 Å². The van der Waals surface area contributed by atoms with Crippen LogP contribution in [-0.2, 0) is 19.1 Å². The molecule has 39 heavy (non-hydrogen) atoms. The van der Waals surface area contributed by atoms with Gasteiger partial charge in [-0.1, -0.05) is 31.5 Å². The van der Waals surface area contributed by atoms with Gasteiger partial charge in [-0.25, -0.2) is 9.59 Å². The monoisotopic (exact) mass is 533 g/mol. The third kappa shape index (κ3) is 5.70. The average molecular weight is 534 g/mol. The van der Waals surface area contributed by atoms with Crippen LogP contribution in [-0.4, -0.2) is 45.7 Å². The summed E-state index contributed by atoms with van der Waals surface area (Å²) in [6.07, 6.45) is 2.52. The van der Waals surface area contributed by atoms with Crippen molar-refractivity contribution in [3.63, 3.8) is 0 Å². The van der Waals surface area contributed by atoms with Crippen molar-refractivity contribution in [1.82, 2.24) is 5.32 Å². The van der Waals surface area contributed by atoms with Crippen LogP contribution in [0.15, 0.2) is 65.0 Å². The van der Waals surface area contributed by atoms with E-state index < -0.39 is 17.9 Å². The zero-order chi connectivity index (χ0) is 28.1. The van der Waals surface area contributed by atoms with Crippen LogP contribution < -0.4 is 14.8 Å². The van der Waals surface area contributed by atoms with Crippen LogP contribution in [0.25, 0.3) is 0 Å². The summed E-state index contributed by atoms with van der Waals surface area (Å²) in [5.41, 5.74) is 4.50. The van der Waals surface area contributed by atoms with Crippen molar-refractivity contribution < 1.29 is 33.3 Å². The molecule has 0 unspecified atom stereocenters. The lowest BCUT2D eigenvalue weighted by atomic mass is 9.71. The lowest BCUT2D eigenvalue weighted by Crippen LogP contribution is -2.36. The fourth-order valence-electron chi connectivity index (χ4n) is 5.30. The Morgan fingerprint density at radius 2 is 1.62 bits per heavy atom. The van der Waals surface area contributed by atoms with Gasteiger partial charge in [0.25, 0.3) is 0 Å². The quantitative estimate of drug-likeness (QED) is 0.347. The number of unbranched alkanes of at least 4 members (excludes halogenated alkanes) is 1. The third-order valence-corrected chi connectivity index (χ3v) is 7.32. The van der Waals surface area contributed by atoms with Gasteiger partial charge >= 0.3 is 11.9 Å². The third-order valence-electron chi connectivity index (χ3n) is 7.32. The maximum atomic E-state index is 13.8. The molecule has 0 bridgehead atoms. The summed E-state index contributed by atoms with van der Waals surface area (Å²) in [5, 5.41) is 3.37. The Hall–Kier alpha value is -4.07. The minimum Gasteiger partial charge on any atom is -0.493 e. The van der Waals surface area contributed by atoms with Crippen LogP contribution in [0, 0.1) is 0 Å². The number of ketones is 1. The summed E-state index contributed by atoms with van der Waals surface area (Å²) < 4.78 is 21.3. The molecule has 0 spiro atoms. The fourth-order valence-corrected chi connectivity index (χ4v) is 5.30. The number of methoxy groups -OCH3 is 3. The summed E-state index contributed by atoms with van der Waals surface area (Å²) in [5.74, 6) is -0.397. The van der Waals surface area contributed by atoms with Crippen molar-refractivity contribution in [2.24, 2.45) is 0 Å². The molecule has 2 aromatic rings. The Kier molecular flexibility index (Phi) is 8.74. The van der Waals surface area contributed by atoms with Crippen LogP contribution in [0.5, 0.6) is 11.5 Å². The molecule has 8 nitrogen and oxygen atoms in total. The normalized spacial score (nSPS) is 18.7. The van der Waals surface area contributed by atoms with Crippen molar-refractivity contribution in [3.05, 3.63) is 81.7 Å². The van der Waals surface area contributed by atoms with Gasteiger partial charge in [0.05, 0.1) is 39.1 Å². The molecule has 2 aromatic carbocycles. The highest BCUT2D eigenvalue weighted by Gasteiger charge is 2.41. The molecule has 1 aliphatic heterocycles. The summed E-state index contributed by atoms with van der Waals surface area (Å²) in [6.45, 7) is 4.17. The largest absolute Gasteiger partial charge is 0.493 e. The van der Waals surface area contributed by atoms with Gasteiger partial charge in [0.2, 0.25) is 0 Å². The summed E-state index contributed by atoms with van der Waals surface area (Å²) in [6, 6.07) is 12.6. The zero-order valence-electron chi connectivity index (χ0n) is 23.1. The zero-order valence-corrected chi connectivity index (χ0v) is 23.1. The number of nitrogens with one attached hydrogen (secondary N) is 1. The van der Waals surface area contributed by atoms with Crippen molar-refractivity contribution in [1.29, 1.82) is 0 Å². The Labute approximate surface area is 229 Å². The van der Waals surface area contributed by atoms with Crippen LogP contribution in [0.2, 0.25) is 0 Å². The van der Waals surface area contributed by atoms with Crippen LogP contribution in [0.1, 0.15) is 72.9 Å². The van der Waals surface area contributed by atoms with E-state index in [1.54, 1.807) is 38.5 Å². The van der Waals surface area contributed by atoms with E-state index in [1.165, 1.54) is 7.11 Å². The van der Waals surface area contributed by atoms with E-state index >= 15 is 0 Å². The van der Waals surface area contributed by atoms with Crippen molar-refractivity contribution in [3.8, 4) is 11.5 Å². The first-order valence-electron chi connectivity index (χ1n) is 13.1. The SMILES string of the molecule is CCCCOC(=O)C1=C(C)NC2=C(C(=O)C[C@@H](c3ccc(OC)c(OC)c3)C2)[C@@H]1c1ccc(C(=O)OC)cc1. The van der Waals surface area contributed by atoms with Gasteiger partial charge in [-0.15, -0.1) is 0 Å². The second-order valence-corrected chi connectivity index (χ2v) is 9.73. The Morgan fingerprint density at radius 1 is 0.923 bits per heavy atom. The molecule has 4 rings (SSSR count). The number of esters is 2. The topological polar surface area (TPSA) is 100 Å². The molecule has 0 amide bonds. The number of hydrogen-bond donors (Lipinski definition) is 1. The molecule has 0 saturated heterocycles. The molecule has 0 fully saturated rings. The molecule has 206 valence electrons. The Bertz CT molecular complexity index is 1320. The van der Waals surface area contributed by atoms with Crippen molar-refractivity contribution in [2.45, 2.75) is 51.4 Å².